The maximum absolute atomic E-state index is 10.7. The zero-order valence-electron chi connectivity index (χ0n) is 14.9. The Morgan fingerprint density at radius 3 is 2.64 bits per heavy atom. The van der Waals surface area contributed by atoms with Crippen molar-refractivity contribution in [2.24, 2.45) is 0 Å². The second-order valence-corrected chi connectivity index (χ2v) is 6.38. The monoisotopic (exact) mass is 347 g/mol. The van der Waals surface area contributed by atoms with Gasteiger partial charge in [0.15, 0.2) is 5.82 Å². The van der Waals surface area contributed by atoms with E-state index in [4.69, 9.17) is 14.0 Å². The Morgan fingerprint density at radius 2 is 2.04 bits per heavy atom. The second-order valence-electron chi connectivity index (χ2n) is 6.38. The summed E-state index contributed by atoms with van der Waals surface area (Å²) in [5, 5.41) is 14.5. The van der Waals surface area contributed by atoms with Crippen LogP contribution in [0.15, 0.2) is 22.7 Å². The number of rotatable bonds is 6. The molecule has 7 heteroatoms. The molecule has 0 bridgehead atoms. The third-order valence-corrected chi connectivity index (χ3v) is 4.71. The van der Waals surface area contributed by atoms with Gasteiger partial charge < -0.3 is 24.0 Å². The maximum atomic E-state index is 10.7. The SMILES string of the molecule is COc1ccc(OC)c(C(O)CN2CCC(c3nc(C)no3)CC2)c1. The average molecular weight is 347 g/mol. The Labute approximate surface area is 147 Å². The molecule has 1 aromatic carbocycles. The van der Waals surface area contributed by atoms with Crippen molar-refractivity contribution in [3.05, 3.63) is 35.5 Å². The molecule has 0 radical (unpaired) electrons. The fraction of sp³-hybridized carbons (Fsp3) is 0.556. The van der Waals surface area contributed by atoms with Crippen LogP contribution >= 0.6 is 0 Å². The number of piperidine rings is 1. The summed E-state index contributed by atoms with van der Waals surface area (Å²) in [5.41, 5.74) is 0.747. The Hall–Kier alpha value is -2.12. The number of hydrogen-bond acceptors (Lipinski definition) is 7. The number of ether oxygens (including phenoxy) is 2. The molecule has 0 amide bonds. The van der Waals surface area contributed by atoms with E-state index in [1.165, 1.54) is 0 Å². The third-order valence-electron chi connectivity index (χ3n) is 4.71. The number of aromatic nitrogens is 2. The summed E-state index contributed by atoms with van der Waals surface area (Å²) in [6, 6.07) is 5.48. The van der Waals surface area contributed by atoms with E-state index >= 15 is 0 Å². The highest BCUT2D eigenvalue weighted by atomic mass is 16.5. The molecule has 1 aliphatic heterocycles. The van der Waals surface area contributed by atoms with E-state index in [1.807, 2.05) is 25.1 Å². The number of likely N-dealkylation sites (tertiary alicyclic amines) is 1. The number of nitrogens with zero attached hydrogens (tertiary/aromatic N) is 3. The van der Waals surface area contributed by atoms with Crippen LogP contribution in [0.3, 0.4) is 0 Å². The van der Waals surface area contributed by atoms with Crippen LogP contribution in [-0.2, 0) is 0 Å². The zero-order chi connectivity index (χ0) is 17.8. The average Bonchev–Trinajstić information content (AvgIpc) is 3.08. The lowest BCUT2D eigenvalue weighted by Crippen LogP contribution is -2.36. The molecule has 25 heavy (non-hydrogen) atoms. The molecule has 3 rings (SSSR count). The Balaban J connectivity index is 1.60. The molecule has 1 N–H and O–H groups in total. The highest BCUT2D eigenvalue weighted by Gasteiger charge is 2.26. The highest BCUT2D eigenvalue weighted by molar-refractivity contribution is 5.41. The van der Waals surface area contributed by atoms with Crippen molar-refractivity contribution in [1.82, 2.24) is 15.0 Å². The molecule has 1 fully saturated rings. The molecular weight excluding hydrogens is 322 g/mol. The fourth-order valence-electron chi connectivity index (χ4n) is 3.28. The maximum Gasteiger partial charge on any atom is 0.229 e. The third kappa shape index (κ3) is 4.11. The van der Waals surface area contributed by atoms with Crippen LogP contribution < -0.4 is 9.47 Å². The molecule has 136 valence electrons. The number of aliphatic hydroxyl groups is 1. The minimum absolute atomic E-state index is 0.306. The first kappa shape index (κ1) is 17.7. The summed E-state index contributed by atoms with van der Waals surface area (Å²) in [6.07, 6.45) is 1.26. The predicted molar refractivity (Wildman–Crippen MR) is 92.0 cm³/mol. The number of methoxy groups -OCH3 is 2. The van der Waals surface area contributed by atoms with Crippen molar-refractivity contribution in [2.75, 3.05) is 33.9 Å². The number of β-amino-alcohol motifs (C(OH)–C–C–N with tert-alkyl or cyclic N) is 1. The Morgan fingerprint density at radius 1 is 1.28 bits per heavy atom. The molecular formula is C18H25N3O4. The van der Waals surface area contributed by atoms with E-state index in [1.54, 1.807) is 14.2 Å². The first-order valence-electron chi connectivity index (χ1n) is 8.53. The number of aryl methyl sites for hydroxylation is 1. The molecule has 1 saturated heterocycles. The van der Waals surface area contributed by atoms with Crippen LogP contribution in [-0.4, -0.2) is 54.0 Å². The molecule has 2 aromatic rings. The van der Waals surface area contributed by atoms with E-state index in [0.29, 0.717) is 29.8 Å². The molecule has 1 aromatic heterocycles. The van der Waals surface area contributed by atoms with E-state index in [-0.39, 0.29) is 0 Å². The van der Waals surface area contributed by atoms with Gasteiger partial charge in [-0.3, -0.25) is 0 Å². The van der Waals surface area contributed by atoms with Crippen LogP contribution in [0.2, 0.25) is 0 Å². The largest absolute Gasteiger partial charge is 0.497 e. The number of hydrogen-bond donors (Lipinski definition) is 1. The fourth-order valence-corrected chi connectivity index (χ4v) is 3.28. The Kier molecular flexibility index (Phi) is 5.55. The van der Waals surface area contributed by atoms with Gasteiger partial charge in [0.25, 0.3) is 0 Å². The molecule has 0 aliphatic carbocycles. The van der Waals surface area contributed by atoms with Gasteiger partial charge in [-0.05, 0) is 51.1 Å². The number of aliphatic hydroxyl groups excluding tert-OH is 1. The van der Waals surface area contributed by atoms with Gasteiger partial charge in [0.05, 0.1) is 20.3 Å². The molecule has 0 spiro atoms. The van der Waals surface area contributed by atoms with Gasteiger partial charge in [0.2, 0.25) is 5.89 Å². The highest BCUT2D eigenvalue weighted by Crippen LogP contribution is 2.32. The minimum Gasteiger partial charge on any atom is -0.497 e. The van der Waals surface area contributed by atoms with E-state index in [0.717, 1.165) is 37.4 Å². The molecule has 2 heterocycles. The van der Waals surface area contributed by atoms with Gasteiger partial charge in [0, 0.05) is 18.0 Å². The topological polar surface area (TPSA) is 80.9 Å². The quantitative estimate of drug-likeness (QED) is 0.859. The molecule has 1 atom stereocenters. The van der Waals surface area contributed by atoms with Gasteiger partial charge in [0.1, 0.15) is 11.5 Å². The second kappa shape index (κ2) is 7.84. The van der Waals surface area contributed by atoms with Crippen molar-refractivity contribution in [3.8, 4) is 11.5 Å². The van der Waals surface area contributed by atoms with Crippen molar-refractivity contribution < 1.29 is 19.1 Å². The molecule has 0 saturated carbocycles. The first-order chi connectivity index (χ1) is 12.1. The summed E-state index contributed by atoms with van der Waals surface area (Å²) < 4.78 is 15.9. The molecule has 1 unspecified atom stereocenters. The van der Waals surface area contributed by atoms with Crippen molar-refractivity contribution in [3.63, 3.8) is 0 Å². The van der Waals surface area contributed by atoms with Gasteiger partial charge in [-0.25, -0.2) is 0 Å². The van der Waals surface area contributed by atoms with Gasteiger partial charge in [-0.15, -0.1) is 0 Å². The van der Waals surface area contributed by atoms with E-state index < -0.39 is 6.10 Å². The lowest BCUT2D eigenvalue weighted by atomic mass is 9.96. The minimum atomic E-state index is -0.632. The van der Waals surface area contributed by atoms with Gasteiger partial charge >= 0.3 is 0 Å². The standard InChI is InChI=1S/C18H25N3O4/c1-12-19-18(25-20-12)13-6-8-21(9-7-13)11-16(22)15-10-14(23-2)4-5-17(15)24-3/h4-5,10,13,16,22H,6-9,11H2,1-3H3. The van der Waals surface area contributed by atoms with Crippen LogP contribution in [0.5, 0.6) is 11.5 Å². The van der Waals surface area contributed by atoms with Gasteiger partial charge in [-0.1, -0.05) is 5.16 Å². The van der Waals surface area contributed by atoms with Crippen molar-refractivity contribution in [1.29, 1.82) is 0 Å². The normalized spacial score (nSPS) is 17.4. The van der Waals surface area contributed by atoms with Crippen LogP contribution in [0.25, 0.3) is 0 Å². The van der Waals surface area contributed by atoms with Crippen LogP contribution in [0.4, 0.5) is 0 Å². The van der Waals surface area contributed by atoms with Gasteiger partial charge in [-0.2, -0.15) is 4.98 Å². The zero-order valence-corrected chi connectivity index (χ0v) is 14.9. The predicted octanol–water partition coefficient (Wildman–Crippen LogP) is 2.31. The van der Waals surface area contributed by atoms with E-state index in [9.17, 15) is 5.11 Å². The summed E-state index contributed by atoms with van der Waals surface area (Å²) in [4.78, 5) is 6.59. The lowest BCUT2D eigenvalue weighted by Gasteiger charge is -2.32. The smallest absolute Gasteiger partial charge is 0.229 e. The van der Waals surface area contributed by atoms with Crippen LogP contribution in [0.1, 0.15) is 42.1 Å². The Bertz CT molecular complexity index is 695. The first-order valence-corrected chi connectivity index (χ1v) is 8.53. The summed E-state index contributed by atoms with van der Waals surface area (Å²) in [5.74, 6) is 3.09. The van der Waals surface area contributed by atoms with E-state index in [2.05, 4.69) is 15.0 Å². The summed E-state index contributed by atoms with van der Waals surface area (Å²) in [7, 11) is 3.22. The number of benzene rings is 1. The molecule has 7 nitrogen and oxygen atoms in total. The molecule has 1 aliphatic rings. The summed E-state index contributed by atoms with van der Waals surface area (Å²) >= 11 is 0. The summed E-state index contributed by atoms with van der Waals surface area (Å²) in [6.45, 7) is 4.16. The van der Waals surface area contributed by atoms with Crippen molar-refractivity contribution >= 4 is 0 Å². The lowest BCUT2D eigenvalue weighted by molar-refractivity contribution is 0.0922. The van der Waals surface area contributed by atoms with Crippen molar-refractivity contribution in [2.45, 2.75) is 31.8 Å². The van der Waals surface area contributed by atoms with Crippen LogP contribution in [0, 0.1) is 6.92 Å².